The van der Waals surface area contributed by atoms with E-state index in [0.29, 0.717) is 31.1 Å². The predicted octanol–water partition coefficient (Wildman–Crippen LogP) is 3.58. The van der Waals surface area contributed by atoms with Crippen molar-refractivity contribution in [3.63, 3.8) is 0 Å². The summed E-state index contributed by atoms with van der Waals surface area (Å²) in [5.41, 5.74) is 0.924. The molecule has 0 saturated carbocycles. The lowest BCUT2D eigenvalue weighted by molar-refractivity contribution is -0.121. The molecule has 0 aliphatic heterocycles. The normalized spacial score (nSPS) is 11.5. The van der Waals surface area contributed by atoms with Crippen molar-refractivity contribution in [3.8, 4) is 0 Å². The number of amides is 1. The third-order valence-corrected chi connectivity index (χ3v) is 3.81. The van der Waals surface area contributed by atoms with Crippen molar-refractivity contribution < 1.29 is 13.7 Å². The minimum Gasteiger partial charge on any atom is -0.356 e. The van der Waals surface area contributed by atoms with Crippen LogP contribution in [0, 0.1) is 5.82 Å². The molecule has 1 amide bonds. The Labute approximate surface area is 148 Å². The number of nitrogens with one attached hydrogen (secondary N) is 1. The van der Waals surface area contributed by atoms with Gasteiger partial charge in [-0.3, -0.25) is 4.79 Å². The van der Waals surface area contributed by atoms with Crippen LogP contribution < -0.4 is 5.32 Å². The molecule has 6 heteroatoms. The van der Waals surface area contributed by atoms with Crippen LogP contribution in [0.5, 0.6) is 0 Å². The first kappa shape index (κ1) is 19.1. The SMILES string of the molecule is CC(C)(C)c1nc(CCNC(=O)CCCCc2ccc(F)cc2)no1. The standard InChI is InChI=1S/C19H26FN3O2/c1-19(2,3)18-22-16(23-25-18)12-13-21-17(24)7-5-4-6-14-8-10-15(20)11-9-14/h8-11H,4-7,12-13H2,1-3H3,(H,21,24). The van der Waals surface area contributed by atoms with Gasteiger partial charge in [0.2, 0.25) is 11.8 Å². The summed E-state index contributed by atoms with van der Waals surface area (Å²) in [6.45, 7) is 6.54. The second kappa shape index (κ2) is 8.74. The molecule has 1 N–H and O–H groups in total. The molecular weight excluding hydrogens is 321 g/mol. The maximum Gasteiger partial charge on any atom is 0.232 e. The number of halogens is 1. The lowest BCUT2D eigenvalue weighted by atomic mass is 9.97. The van der Waals surface area contributed by atoms with E-state index < -0.39 is 0 Å². The zero-order valence-corrected chi connectivity index (χ0v) is 15.1. The number of carbonyl (C=O) groups excluding carboxylic acids is 1. The van der Waals surface area contributed by atoms with Gasteiger partial charge in [0.05, 0.1) is 0 Å². The second-order valence-electron chi connectivity index (χ2n) is 7.20. The van der Waals surface area contributed by atoms with E-state index in [1.54, 1.807) is 12.1 Å². The number of nitrogens with zero attached hydrogens (tertiary/aromatic N) is 2. The Morgan fingerprint density at radius 3 is 2.52 bits per heavy atom. The van der Waals surface area contributed by atoms with Crippen molar-refractivity contribution in [2.24, 2.45) is 0 Å². The number of aryl methyl sites for hydroxylation is 1. The molecule has 1 aromatic heterocycles. The molecule has 0 aliphatic carbocycles. The first-order valence-electron chi connectivity index (χ1n) is 8.69. The molecule has 25 heavy (non-hydrogen) atoms. The minimum absolute atomic E-state index is 0.0265. The van der Waals surface area contributed by atoms with E-state index in [0.717, 1.165) is 24.8 Å². The van der Waals surface area contributed by atoms with Gasteiger partial charge in [-0.25, -0.2) is 4.39 Å². The Morgan fingerprint density at radius 2 is 1.88 bits per heavy atom. The van der Waals surface area contributed by atoms with Gasteiger partial charge in [-0.1, -0.05) is 38.1 Å². The van der Waals surface area contributed by atoms with Gasteiger partial charge in [-0.05, 0) is 37.0 Å². The third-order valence-electron chi connectivity index (χ3n) is 3.81. The van der Waals surface area contributed by atoms with E-state index in [4.69, 9.17) is 4.52 Å². The summed E-state index contributed by atoms with van der Waals surface area (Å²) in [4.78, 5) is 16.2. The van der Waals surface area contributed by atoms with Crippen LogP contribution in [-0.2, 0) is 23.1 Å². The van der Waals surface area contributed by atoms with Crippen LogP contribution in [0.25, 0.3) is 0 Å². The summed E-state index contributed by atoms with van der Waals surface area (Å²) in [6.07, 6.45) is 3.60. The first-order valence-corrected chi connectivity index (χ1v) is 8.69. The number of aromatic nitrogens is 2. The predicted molar refractivity (Wildman–Crippen MR) is 93.7 cm³/mol. The Kier molecular flexibility index (Phi) is 6.67. The monoisotopic (exact) mass is 347 g/mol. The van der Waals surface area contributed by atoms with Crippen molar-refractivity contribution >= 4 is 5.91 Å². The molecule has 0 atom stereocenters. The lowest BCUT2D eigenvalue weighted by Gasteiger charge is -2.10. The van der Waals surface area contributed by atoms with E-state index in [9.17, 15) is 9.18 Å². The van der Waals surface area contributed by atoms with Gasteiger partial charge in [-0.15, -0.1) is 0 Å². The molecule has 0 saturated heterocycles. The van der Waals surface area contributed by atoms with E-state index in [1.807, 2.05) is 20.8 Å². The number of rotatable bonds is 8. The minimum atomic E-state index is -0.223. The lowest BCUT2D eigenvalue weighted by Crippen LogP contribution is -2.25. The fraction of sp³-hybridized carbons (Fsp3) is 0.526. The van der Waals surface area contributed by atoms with Crippen molar-refractivity contribution in [3.05, 3.63) is 47.4 Å². The summed E-state index contributed by atoms with van der Waals surface area (Å²) in [5.74, 6) is 1.02. The van der Waals surface area contributed by atoms with Gasteiger partial charge < -0.3 is 9.84 Å². The second-order valence-corrected chi connectivity index (χ2v) is 7.20. The summed E-state index contributed by atoms with van der Waals surface area (Å²) in [7, 11) is 0. The van der Waals surface area contributed by atoms with Crippen LogP contribution >= 0.6 is 0 Å². The van der Waals surface area contributed by atoms with Gasteiger partial charge in [0.25, 0.3) is 0 Å². The van der Waals surface area contributed by atoms with Gasteiger partial charge in [0.1, 0.15) is 5.82 Å². The Hall–Kier alpha value is -2.24. The molecule has 0 radical (unpaired) electrons. The highest BCUT2D eigenvalue weighted by atomic mass is 19.1. The fourth-order valence-corrected chi connectivity index (χ4v) is 2.33. The number of unbranched alkanes of at least 4 members (excludes halogenated alkanes) is 1. The molecule has 1 heterocycles. The maximum atomic E-state index is 12.8. The summed E-state index contributed by atoms with van der Waals surface area (Å²) < 4.78 is 18.0. The molecule has 0 fully saturated rings. The summed E-state index contributed by atoms with van der Waals surface area (Å²) in [5, 5.41) is 6.81. The zero-order valence-electron chi connectivity index (χ0n) is 15.1. The van der Waals surface area contributed by atoms with E-state index >= 15 is 0 Å². The molecule has 0 unspecified atom stereocenters. The van der Waals surface area contributed by atoms with Crippen LogP contribution in [0.4, 0.5) is 4.39 Å². The average Bonchev–Trinajstić information content (AvgIpc) is 3.02. The highest BCUT2D eigenvalue weighted by Gasteiger charge is 2.21. The topological polar surface area (TPSA) is 68.0 Å². The van der Waals surface area contributed by atoms with Crippen LogP contribution in [-0.4, -0.2) is 22.6 Å². The molecule has 0 spiro atoms. The highest BCUT2D eigenvalue weighted by Crippen LogP contribution is 2.19. The van der Waals surface area contributed by atoms with Gasteiger partial charge in [-0.2, -0.15) is 4.98 Å². The molecular formula is C19H26FN3O2. The van der Waals surface area contributed by atoms with Gasteiger partial charge in [0, 0.05) is 24.8 Å². The van der Waals surface area contributed by atoms with Crippen LogP contribution in [0.3, 0.4) is 0 Å². The average molecular weight is 347 g/mol. The molecule has 0 bridgehead atoms. The highest BCUT2D eigenvalue weighted by molar-refractivity contribution is 5.75. The quantitative estimate of drug-likeness (QED) is 0.741. The number of hydrogen-bond acceptors (Lipinski definition) is 4. The van der Waals surface area contributed by atoms with Gasteiger partial charge in [0.15, 0.2) is 5.82 Å². The maximum absolute atomic E-state index is 12.8. The molecule has 136 valence electrons. The molecule has 5 nitrogen and oxygen atoms in total. The van der Waals surface area contributed by atoms with Crippen molar-refractivity contribution in [1.82, 2.24) is 15.5 Å². The van der Waals surface area contributed by atoms with E-state index in [-0.39, 0.29) is 17.1 Å². The summed E-state index contributed by atoms with van der Waals surface area (Å²) in [6, 6.07) is 6.49. The van der Waals surface area contributed by atoms with Gasteiger partial charge >= 0.3 is 0 Å². The molecule has 2 aromatic rings. The number of hydrogen-bond donors (Lipinski definition) is 1. The van der Waals surface area contributed by atoms with E-state index in [1.165, 1.54) is 12.1 Å². The smallest absolute Gasteiger partial charge is 0.232 e. The Bertz CT molecular complexity index is 675. The first-order chi connectivity index (χ1) is 11.8. The largest absolute Gasteiger partial charge is 0.356 e. The van der Waals surface area contributed by atoms with Crippen molar-refractivity contribution in [1.29, 1.82) is 0 Å². The summed E-state index contributed by atoms with van der Waals surface area (Å²) >= 11 is 0. The molecule has 0 aliphatic rings. The van der Waals surface area contributed by atoms with E-state index in [2.05, 4.69) is 15.5 Å². The number of benzene rings is 1. The van der Waals surface area contributed by atoms with Crippen molar-refractivity contribution in [2.45, 2.75) is 58.3 Å². The van der Waals surface area contributed by atoms with Crippen LogP contribution in [0.1, 0.15) is 57.3 Å². The fourth-order valence-electron chi connectivity index (χ4n) is 2.33. The molecule has 1 aromatic carbocycles. The zero-order chi connectivity index (χ0) is 18.3. The molecule has 2 rings (SSSR count). The van der Waals surface area contributed by atoms with Crippen LogP contribution in [0.15, 0.2) is 28.8 Å². The van der Waals surface area contributed by atoms with Crippen molar-refractivity contribution in [2.75, 3.05) is 6.54 Å². The third kappa shape index (κ3) is 6.64. The number of carbonyl (C=O) groups is 1. The Balaban J connectivity index is 1.59. The van der Waals surface area contributed by atoms with Crippen LogP contribution in [0.2, 0.25) is 0 Å². The Morgan fingerprint density at radius 1 is 1.16 bits per heavy atom.